The van der Waals surface area contributed by atoms with Crippen LogP contribution < -0.4 is 10.2 Å². The van der Waals surface area contributed by atoms with E-state index in [9.17, 15) is 9.59 Å². The fraction of sp³-hybridized carbons (Fsp3) is 0.600. The molecule has 0 heterocycles. The quantitative estimate of drug-likeness (QED) is 0.691. The van der Waals surface area contributed by atoms with Crippen LogP contribution in [0.25, 0.3) is 0 Å². The molecule has 25 heavy (non-hydrogen) atoms. The largest absolute Gasteiger partial charge is 0.375 e. The second-order valence-electron chi connectivity index (χ2n) is 6.47. The van der Waals surface area contributed by atoms with Crippen molar-refractivity contribution in [2.75, 3.05) is 36.9 Å². The predicted molar refractivity (Wildman–Crippen MR) is 105 cm³/mol. The second-order valence-corrected chi connectivity index (χ2v) is 6.47. The Morgan fingerprint density at radius 1 is 1.04 bits per heavy atom. The molecule has 0 bridgehead atoms. The molecule has 0 saturated carbocycles. The summed E-state index contributed by atoms with van der Waals surface area (Å²) >= 11 is 0. The smallest absolute Gasteiger partial charge is 0.313 e. The van der Waals surface area contributed by atoms with Crippen LogP contribution in [-0.2, 0) is 9.59 Å². The van der Waals surface area contributed by atoms with Gasteiger partial charge in [-0.2, -0.15) is 0 Å². The van der Waals surface area contributed by atoms with E-state index in [2.05, 4.69) is 31.0 Å². The van der Waals surface area contributed by atoms with Crippen molar-refractivity contribution in [2.45, 2.75) is 53.4 Å². The summed E-state index contributed by atoms with van der Waals surface area (Å²) < 4.78 is 0. The van der Waals surface area contributed by atoms with Gasteiger partial charge in [0, 0.05) is 38.1 Å². The molecule has 0 unspecified atom stereocenters. The number of nitrogens with one attached hydrogen (secondary N) is 1. The van der Waals surface area contributed by atoms with Crippen LogP contribution in [0.3, 0.4) is 0 Å². The minimum atomic E-state index is -0.549. The van der Waals surface area contributed by atoms with E-state index >= 15 is 0 Å². The Morgan fingerprint density at radius 3 is 2.12 bits per heavy atom. The molecule has 0 atom stereocenters. The predicted octanol–water partition coefficient (Wildman–Crippen LogP) is 3.82. The summed E-state index contributed by atoms with van der Waals surface area (Å²) in [4.78, 5) is 28.7. The summed E-state index contributed by atoms with van der Waals surface area (Å²) in [5, 5.41) is 2.78. The summed E-state index contributed by atoms with van der Waals surface area (Å²) in [5.41, 5.74) is 2.74. The number of hydrogen-bond donors (Lipinski definition) is 1. The van der Waals surface area contributed by atoms with Crippen LogP contribution in [0.15, 0.2) is 18.2 Å². The molecule has 1 N–H and O–H groups in total. The number of anilines is 2. The van der Waals surface area contributed by atoms with Crippen molar-refractivity contribution in [2.24, 2.45) is 0 Å². The first-order valence-corrected chi connectivity index (χ1v) is 9.36. The molecule has 0 aliphatic rings. The van der Waals surface area contributed by atoms with Crippen LogP contribution in [-0.4, -0.2) is 43.4 Å². The molecule has 0 aromatic heterocycles. The second kappa shape index (κ2) is 10.7. The average molecular weight is 348 g/mol. The minimum absolute atomic E-state index is 0.434. The van der Waals surface area contributed by atoms with Gasteiger partial charge in [0.25, 0.3) is 0 Å². The van der Waals surface area contributed by atoms with Crippen molar-refractivity contribution in [3.63, 3.8) is 0 Å². The van der Waals surface area contributed by atoms with Gasteiger partial charge in [0.1, 0.15) is 0 Å². The lowest BCUT2D eigenvalue weighted by Gasteiger charge is -2.22. The van der Waals surface area contributed by atoms with Gasteiger partial charge in [-0.25, -0.2) is 0 Å². The Morgan fingerprint density at radius 2 is 1.64 bits per heavy atom. The normalized spacial score (nSPS) is 10.4. The fourth-order valence-corrected chi connectivity index (χ4v) is 2.54. The maximum atomic E-state index is 12.5. The topological polar surface area (TPSA) is 52.7 Å². The van der Waals surface area contributed by atoms with Crippen LogP contribution in [0.1, 0.15) is 52.0 Å². The van der Waals surface area contributed by atoms with Gasteiger partial charge in [0.2, 0.25) is 0 Å². The van der Waals surface area contributed by atoms with Gasteiger partial charge in [0.15, 0.2) is 0 Å². The van der Waals surface area contributed by atoms with Crippen molar-refractivity contribution in [1.82, 2.24) is 4.90 Å². The van der Waals surface area contributed by atoms with Crippen LogP contribution in [0.2, 0.25) is 0 Å². The molecule has 1 aromatic carbocycles. The van der Waals surface area contributed by atoms with E-state index in [1.807, 2.05) is 32.2 Å². The monoisotopic (exact) mass is 347 g/mol. The molecule has 0 fully saturated rings. The fourth-order valence-electron chi connectivity index (χ4n) is 2.54. The lowest BCUT2D eigenvalue weighted by atomic mass is 10.1. The van der Waals surface area contributed by atoms with Crippen molar-refractivity contribution in [3.05, 3.63) is 23.8 Å². The summed E-state index contributed by atoms with van der Waals surface area (Å²) in [6.07, 6.45) is 3.84. The molecule has 140 valence electrons. The Balaban J connectivity index is 2.79. The van der Waals surface area contributed by atoms with Gasteiger partial charge < -0.3 is 15.1 Å². The maximum absolute atomic E-state index is 12.5. The lowest BCUT2D eigenvalue weighted by molar-refractivity contribution is -0.143. The number of unbranched alkanes of at least 4 members (excludes halogenated alkanes) is 2. The number of carbonyl (C=O) groups is 2. The molecule has 1 rings (SSSR count). The van der Waals surface area contributed by atoms with Gasteiger partial charge in [-0.3, -0.25) is 9.59 Å². The minimum Gasteiger partial charge on any atom is -0.375 e. The molecular weight excluding hydrogens is 314 g/mol. The molecule has 0 aliphatic heterocycles. The summed E-state index contributed by atoms with van der Waals surface area (Å²) in [5.74, 6) is -0.983. The third kappa shape index (κ3) is 6.40. The summed E-state index contributed by atoms with van der Waals surface area (Å²) in [6.45, 7) is 10.4. The molecular formula is C20H33N3O2. The van der Waals surface area contributed by atoms with Gasteiger partial charge in [-0.15, -0.1) is 0 Å². The number of hydrogen-bond acceptors (Lipinski definition) is 3. The molecule has 5 nitrogen and oxygen atoms in total. The van der Waals surface area contributed by atoms with Crippen LogP contribution in [0, 0.1) is 6.92 Å². The molecule has 5 heteroatoms. The average Bonchev–Trinajstić information content (AvgIpc) is 2.62. The summed E-state index contributed by atoms with van der Waals surface area (Å²) in [7, 11) is 2.02. The molecule has 0 spiro atoms. The standard InChI is InChI=1S/C20H33N3O2/c1-6-9-13-23(14-10-7-2)20(25)19(24)21-18-12-11-17(15-16(18)4)22(5)8-3/h11-12,15H,6-10,13-14H2,1-5H3,(H,21,24). The molecule has 1 aromatic rings. The first-order chi connectivity index (χ1) is 11.9. The molecule has 2 amide bonds. The number of rotatable bonds is 9. The lowest BCUT2D eigenvalue weighted by Crippen LogP contribution is -2.41. The highest BCUT2D eigenvalue weighted by Crippen LogP contribution is 2.22. The van der Waals surface area contributed by atoms with Crippen LogP contribution in [0.5, 0.6) is 0 Å². The number of benzene rings is 1. The van der Waals surface area contributed by atoms with Gasteiger partial charge in [-0.05, 0) is 50.5 Å². The van der Waals surface area contributed by atoms with E-state index in [1.165, 1.54) is 0 Å². The van der Waals surface area contributed by atoms with Gasteiger partial charge in [-0.1, -0.05) is 26.7 Å². The van der Waals surface area contributed by atoms with E-state index in [0.717, 1.165) is 43.5 Å². The first-order valence-electron chi connectivity index (χ1n) is 9.36. The van der Waals surface area contributed by atoms with Crippen molar-refractivity contribution < 1.29 is 9.59 Å². The van der Waals surface area contributed by atoms with Crippen LogP contribution >= 0.6 is 0 Å². The van der Waals surface area contributed by atoms with Crippen LogP contribution in [0.4, 0.5) is 11.4 Å². The third-order valence-electron chi connectivity index (χ3n) is 4.42. The Labute approximate surface area is 152 Å². The highest BCUT2D eigenvalue weighted by Gasteiger charge is 2.21. The molecule has 0 saturated heterocycles. The van der Waals surface area contributed by atoms with E-state index in [0.29, 0.717) is 18.8 Å². The third-order valence-corrected chi connectivity index (χ3v) is 4.42. The zero-order chi connectivity index (χ0) is 18.8. The van der Waals surface area contributed by atoms with Crippen molar-refractivity contribution in [1.29, 1.82) is 0 Å². The number of carbonyl (C=O) groups excluding carboxylic acids is 2. The van der Waals surface area contributed by atoms with Crippen molar-refractivity contribution >= 4 is 23.2 Å². The first kappa shape index (κ1) is 21.0. The van der Waals surface area contributed by atoms with E-state index < -0.39 is 11.8 Å². The highest BCUT2D eigenvalue weighted by atomic mass is 16.2. The van der Waals surface area contributed by atoms with Gasteiger partial charge >= 0.3 is 11.8 Å². The SMILES string of the molecule is CCCCN(CCCC)C(=O)C(=O)Nc1ccc(N(C)CC)cc1C. The number of nitrogens with zero attached hydrogens (tertiary/aromatic N) is 2. The number of amides is 2. The highest BCUT2D eigenvalue weighted by molar-refractivity contribution is 6.39. The van der Waals surface area contributed by atoms with Crippen molar-refractivity contribution in [3.8, 4) is 0 Å². The zero-order valence-corrected chi connectivity index (χ0v) is 16.4. The zero-order valence-electron chi connectivity index (χ0n) is 16.4. The van der Waals surface area contributed by atoms with E-state index in [-0.39, 0.29) is 0 Å². The summed E-state index contributed by atoms with van der Waals surface area (Å²) in [6, 6.07) is 5.85. The Hall–Kier alpha value is -2.04. The maximum Gasteiger partial charge on any atom is 0.313 e. The van der Waals surface area contributed by atoms with E-state index in [1.54, 1.807) is 4.90 Å². The Bertz CT molecular complexity index is 564. The molecule has 0 aliphatic carbocycles. The van der Waals surface area contributed by atoms with E-state index in [4.69, 9.17) is 0 Å². The number of aryl methyl sites for hydroxylation is 1. The Kier molecular flexibility index (Phi) is 9.03. The molecule has 0 radical (unpaired) electrons. The van der Waals surface area contributed by atoms with Gasteiger partial charge in [0.05, 0.1) is 0 Å².